The molecule has 1 heterocycles. The Morgan fingerprint density at radius 2 is 2.17 bits per heavy atom. The van der Waals surface area contributed by atoms with Crippen LogP contribution in [-0.4, -0.2) is 26.5 Å². The highest BCUT2D eigenvalue weighted by Gasteiger charge is 2.26. The van der Waals surface area contributed by atoms with Gasteiger partial charge < -0.3 is 5.32 Å². The standard InChI is InChI=1S/C12H19N3O2S/c1-9-3-4-10(7-9)15-18(16,17)11-5-6-14-12(8-11)13-2/h5-6,8-10,15H,3-4,7H2,1-2H3,(H,13,14). The summed E-state index contributed by atoms with van der Waals surface area (Å²) in [7, 11) is -1.72. The van der Waals surface area contributed by atoms with Gasteiger partial charge in [0, 0.05) is 25.4 Å². The van der Waals surface area contributed by atoms with Gasteiger partial charge in [0.25, 0.3) is 0 Å². The van der Waals surface area contributed by atoms with Gasteiger partial charge in [0.15, 0.2) is 0 Å². The minimum Gasteiger partial charge on any atom is -0.373 e. The third kappa shape index (κ3) is 3.00. The molecule has 2 N–H and O–H groups in total. The summed E-state index contributed by atoms with van der Waals surface area (Å²) in [6, 6.07) is 3.12. The zero-order valence-electron chi connectivity index (χ0n) is 10.7. The number of hydrogen-bond acceptors (Lipinski definition) is 4. The molecule has 6 heteroatoms. The predicted octanol–water partition coefficient (Wildman–Crippen LogP) is 1.59. The van der Waals surface area contributed by atoms with Crippen molar-refractivity contribution < 1.29 is 8.42 Å². The van der Waals surface area contributed by atoms with Gasteiger partial charge in [-0.1, -0.05) is 6.92 Å². The maximum absolute atomic E-state index is 12.2. The van der Waals surface area contributed by atoms with Crippen LogP contribution >= 0.6 is 0 Å². The van der Waals surface area contributed by atoms with Gasteiger partial charge >= 0.3 is 0 Å². The maximum Gasteiger partial charge on any atom is 0.241 e. The van der Waals surface area contributed by atoms with E-state index in [1.807, 2.05) is 0 Å². The molecule has 18 heavy (non-hydrogen) atoms. The first kappa shape index (κ1) is 13.3. The second-order valence-electron chi connectivity index (χ2n) is 4.86. The first-order chi connectivity index (χ1) is 8.51. The van der Waals surface area contributed by atoms with Crippen molar-refractivity contribution in [1.82, 2.24) is 9.71 Å². The number of pyridine rings is 1. The van der Waals surface area contributed by atoms with Crippen molar-refractivity contribution in [3.8, 4) is 0 Å². The van der Waals surface area contributed by atoms with Gasteiger partial charge in [-0.25, -0.2) is 18.1 Å². The van der Waals surface area contributed by atoms with Gasteiger partial charge in [-0.05, 0) is 31.2 Å². The lowest BCUT2D eigenvalue weighted by atomic mass is 10.1. The molecule has 1 aliphatic rings. The second-order valence-corrected chi connectivity index (χ2v) is 6.58. The van der Waals surface area contributed by atoms with E-state index in [4.69, 9.17) is 0 Å². The molecule has 0 saturated heterocycles. The largest absolute Gasteiger partial charge is 0.373 e. The molecule has 5 nitrogen and oxygen atoms in total. The van der Waals surface area contributed by atoms with E-state index >= 15 is 0 Å². The van der Waals surface area contributed by atoms with Crippen molar-refractivity contribution in [2.24, 2.45) is 5.92 Å². The van der Waals surface area contributed by atoms with Crippen LogP contribution in [0.4, 0.5) is 5.82 Å². The topological polar surface area (TPSA) is 71.1 Å². The van der Waals surface area contributed by atoms with Crippen molar-refractivity contribution in [3.05, 3.63) is 18.3 Å². The summed E-state index contributed by atoms with van der Waals surface area (Å²) in [5.41, 5.74) is 0. The van der Waals surface area contributed by atoms with Gasteiger partial charge in [0.05, 0.1) is 4.90 Å². The van der Waals surface area contributed by atoms with Crippen LogP contribution in [0.15, 0.2) is 23.2 Å². The van der Waals surface area contributed by atoms with Crippen molar-refractivity contribution >= 4 is 15.8 Å². The SMILES string of the molecule is CNc1cc(S(=O)(=O)NC2CCC(C)C2)ccn1. The van der Waals surface area contributed by atoms with Crippen LogP contribution in [0.25, 0.3) is 0 Å². The molecule has 0 radical (unpaired) electrons. The molecule has 2 atom stereocenters. The summed E-state index contributed by atoms with van der Waals surface area (Å²) in [5, 5.41) is 2.84. The third-order valence-electron chi connectivity index (χ3n) is 3.31. The fraction of sp³-hybridized carbons (Fsp3) is 0.583. The van der Waals surface area contributed by atoms with E-state index in [2.05, 4.69) is 21.9 Å². The fourth-order valence-corrected chi connectivity index (χ4v) is 3.61. The molecule has 1 saturated carbocycles. The molecular weight excluding hydrogens is 250 g/mol. The third-order valence-corrected chi connectivity index (χ3v) is 4.83. The van der Waals surface area contributed by atoms with Crippen LogP contribution in [0.3, 0.4) is 0 Å². The summed E-state index contributed by atoms with van der Waals surface area (Å²) in [6.45, 7) is 2.15. The average molecular weight is 269 g/mol. The number of hydrogen-bond donors (Lipinski definition) is 2. The Morgan fingerprint density at radius 1 is 1.39 bits per heavy atom. The Hall–Kier alpha value is -1.14. The van der Waals surface area contributed by atoms with E-state index in [1.165, 1.54) is 12.3 Å². The van der Waals surface area contributed by atoms with Crippen molar-refractivity contribution in [2.75, 3.05) is 12.4 Å². The van der Waals surface area contributed by atoms with E-state index in [-0.39, 0.29) is 10.9 Å². The average Bonchev–Trinajstić information content (AvgIpc) is 2.74. The van der Waals surface area contributed by atoms with E-state index in [1.54, 1.807) is 13.1 Å². The van der Waals surface area contributed by atoms with Crippen LogP contribution < -0.4 is 10.0 Å². The zero-order valence-corrected chi connectivity index (χ0v) is 11.5. The van der Waals surface area contributed by atoms with Crippen molar-refractivity contribution in [1.29, 1.82) is 0 Å². The number of nitrogens with one attached hydrogen (secondary N) is 2. The first-order valence-corrected chi connectivity index (χ1v) is 7.65. The summed E-state index contributed by atoms with van der Waals surface area (Å²) < 4.78 is 27.2. The molecule has 1 aromatic heterocycles. The van der Waals surface area contributed by atoms with Crippen molar-refractivity contribution in [3.63, 3.8) is 0 Å². The maximum atomic E-state index is 12.2. The Labute approximate surface area is 108 Å². The number of rotatable bonds is 4. The van der Waals surface area contributed by atoms with Gasteiger partial charge in [0.1, 0.15) is 5.82 Å². The highest BCUT2D eigenvalue weighted by molar-refractivity contribution is 7.89. The van der Waals surface area contributed by atoms with E-state index < -0.39 is 10.0 Å². The minimum absolute atomic E-state index is 0.0659. The molecule has 0 spiro atoms. The zero-order chi connectivity index (χ0) is 13.2. The predicted molar refractivity (Wildman–Crippen MR) is 70.9 cm³/mol. The number of anilines is 1. The van der Waals surface area contributed by atoms with Crippen molar-refractivity contribution in [2.45, 2.75) is 37.1 Å². The smallest absolute Gasteiger partial charge is 0.241 e. The number of nitrogens with zero attached hydrogens (tertiary/aromatic N) is 1. The molecular formula is C12H19N3O2S. The first-order valence-electron chi connectivity index (χ1n) is 6.17. The molecule has 0 bridgehead atoms. The summed E-state index contributed by atoms with van der Waals surface area (Å²) in [4.78, 5) is 4.28. The molecule has 0 amide bonds. The van der Waals surface area contributed by atoms with Gasteiger partial charge in [-0.2, -0.15) is 0 Å². The molecule has 100 valence electrons. The number of aromatic nitrogens is 1. The Balaban J connectivity index is 2.14. The van der Waals surface area contributed by atoms with Crippen LogP contribution in [-0.2, 0) is 10.0 Å². The van der Waals surface area contributed by atoms with E-state index in [0.717, 1.165) is 19.3 Å². The minimum atomic E-state index is -3.43. The Bertz CT molecular complexity index is 516. The molecule has 0 aromatic carbocycles. The van der Waals surface area contributed by atoms with Gasteiger partial charge in [-0.3, -0.25) is 0 Å². The monoisotopic (exact) mass is 269 g/mol. The van der Waals surface area contributed by atoms with Gasteiger partial charge in [-0.15, -0.1) is 0 Å². The quantitative estimate of drug-likeness (QED) is 0.870. The van der Waals surface area contributed by atoms with Gasteiger partial charge in [0.2, 0.25) is 10.0 Å². The fourth-order valence-electron chi connectivity index (χ4n) is 2.32. The second kappa shape index (κ2) is 5.24. The van der Waals surface area contributed by atoms with Crippen LogP contribution in [0.2, 0.25) is 0 Å². The lowest BCUT2D eigenvalue weighted by molar-refractivity contribution is 0.538. The Morgan fingerprint density at radius 3 is 2.78 bits per heavy atom. The molecule has 2 unspecified atom stereocenters. The lowest BCUT2D eigenvalue weighted by Gasteiger charge is -2.13. The van der Waals surface area contributed by atoms with Crippen LogP contribution in [0.1, 0.15) is 26.2 Å². The lowest BCUT2D eigenvalue weighted by Crippen LogP contribution is -2.33. The molecule has 2 rings (SSSR count). The van der Waals surface area contributed by atoms with Crippen LogP contribution in [0.5, 0.6) is 0 Å². The summed E-state index contributed by atoms with van der Waals surface area (Å²) in [6.07, 6.45) is 4.43. The molecule has 1 fully saturated rings. The van der Waals surface area contributed by atoms with E-state index in [0.29, 0.717) is 11.7 Å². The summed E-state index contributed by atoms with van der Waals surface area (Å²) in [5.74, 6) is 1.15. The van der Waals surface area contributed by atoms with Crippen LogP contribution in [0, 0.1) is 5.92 Å². The Kier molecular flexibility index (Phi) is 3.87. The highest BCUT2D eigenvalue weighted by atomic mass is 32.2. The molecule has 1 aromatic rings. The highest BCUT2D eigenvalue weighted by Crippen LogP contribution is 2.26. The summed E-state index contributed by atoms with van der Waals surface area (Å²) >= 11 is 0. The molecule has 1 aliphatic carbocycles. The number of sulfonamides is 1. The van der Waals surface area contributed by atoms with E-state index in [9.17, 15) is 8.42 Å². The normalized spacial score (nSPS) is 24.1. The molecule has 0 aliphatic heterocycles.